The Balaban J connectivity index is 1.70. The largest absolute Gasteiger partial charge is 0.508 e. The number of nitrogens with one attached hydrogen (secondary N) is 1. The van der Waals surface area contributed by atoms with Crippen LogP contribution < -0.4 is 5.32 Å². The molecule has 0 radical (unpaired) electrons. The van der Waals surface area contributed by atoms with Gasteiger partial charge in [-0.1, -0.05) is 36.4 Å². The van der Waals surface area contributed by atoms with E-state index >= 15 is 0 Å². The molecule has 0 aliphatic heterocycles. The normalized spacial score (nSPS) is 19.0. The molecule has 0 amide bonds. The Labute approximate surface area is 126 Å². The van der Waals surface area contributed by atoms with Gasteiger partial charge in [0.05, 0.1) is 0 Å². The monoisotopic (exact) mass is 281 g/mol. The first-order valence-electron chi connectivity index (χ1n) is 7.84. The van der Waals surface area contributed by atoms with Crippen molar-refractivity contribution in [3.63, 3.8) is 0 Å². The first-order valence-corrected chi connectivity index (χ1v) is 7.84. The second-order valence-corrected chi connectivity index (χ2v) is 6.09. The Morgan fingerprint density at radius 3 is 2.81 bits per heavy atom. The third-order valence-electron chi connectivity index (χ3n) is 4.31. The number of fused-ring (bicyclic) bond motifs is 1. The van der Waals surface area contributed by atoms with Crippen molar-refractivity contribution >= 4 is 0 Å². The number of aromatic hydroxyl groups is 1. The highest BCUT2D eigenvalue weighted by molar-refractivity contribution is 5.38. The lowest BCUT2D eigenvalue weighted by atomic mass is 9.87. The van der Waals surface area contributed by atoms with E-state index in [-0.39, 0.29) is 0 Å². The van der Waals surface area contributed by atoms with E-state index in [0.717, 1.165) is 19.3 Å². The second-order valence-electron chi connectivity index (χ2n) is 6.09. The van der Waals surface area contributed by atoms with Gasteiger partial charge in [-0.3, -0.25) is 0 Å². The molecule has 0 bridgehead atoms. The first-order chi connectivity index (χ1) is 10.2. The maximum Gasteiger partial charge on any atom is 0.115 e. The highest BCUT2D eigenvalue weighted by atomic mass is 16.3. The summed E-state index contributed by atoms with van der Waals surface area (Å²) in [4.78, 5) is 0. The van der Waals surface area contributed by atoms with Gasteiger partial charge < -0.3 is 10.4 Å². The Morgan fingerprint density at radius 2 is 2.00 bits per heavy atom. The van der Waals surface area contributed by atoms with E-state index in [0.29, 0.717) is 17.8 Å². The van der Waals surface area contributed by atoms with Crippen molar-refractivity contribution in [3.8, 4) is 5.75 Å². The van der Waals surface area contributed by atoms with E-state index < -0.39 is 0 Å². The summed E-state index contributed by atoms with van der Waals surface area (Å²) in [6, 6.07) is 17.2. The standard InChI is InChI=1S/C19H23NO/c1-14(12-15-6-3-2-4-7-15)20-19-9-5-8-16-10-11-17(21)13-18(16)19/h2-4,6-7,10-11,13-14,19-21H,5,8-9,12H2,1H3. The molecule has 21 heavy (non-hydrogen) atoms. The van der Waals surface area contributed by atoms with Crippen LogP contribution in [0.5, 0.6) is 5.75 Å². The molecule has 0 saturated heterocycles. The molecule has 3 rings (SSSR count). The fourth-order valence-electron chi connectivity index (χ4n) is 3.33. The van der Waals surface area contributed by atoms with Gasteiger partial charge in [-0.2, -0.15) is 0 Å². The Bertz CT molecular complexity index is 594. The minimum absolute atomic E-state index is 0.361. The molecule has 0 fully saturated rings. The summed E-state index contributed by atoms with van der Waals surface area (Å²) in [6.07, 6.45) is 4.52. The van der Waals surface area contributed by atoms with Gasteiger partial charge in [0.15, 0.2) is 0 Å². The van der Waals surface area contributed by atoms with Crippen molar-refractivity contribution in [1.29, 1.82) is 0 Å². The number of benzene rings is 2. The maximum absolute atomic E-state index is 9.75. The number of phenols is 1. The average molecular weight is 281 g/mol. The minimum Gasteiger partial charge on any atom is -0.508 e. The fourth-order valence-corrected chi connectivity index (χ4v) is 3.33. The molecule has 2 unspecified atom stereocenters. The molecule has 0 saturated carbocycles. The molecule has 2 atom stereocenters. The number of hydrogen-bond acceptors (Lipinski definition) is 2. The zero-order valence-electron chi connectivity index (χ0n) is 12.5. The molecule has 2 aromatic carbocycles. The van der Waals surface area contributed by atoms with Crippen LogP contribution in [-0.4, -0.2) is 11.1 Å². The third kappa shape index (κ3) is 3.45. The van der Waals surface area contributed by atoms with E-state index in [1.165, 1.54) is 23.1 Å². The van der Waals surface area contributed by atoms with Crippen LogP contribution in [0.3, 0.4) is 0 Å². The Hall–Kier alpha value is -1.80. The van der Waals surface area contributed by atoms with Crippen LogP contribution in [0.4, 0.5) is 0 Å². The van der Waals surface area contributed by atoms with E-state index in [4.69, 9.17) is 0 Å². The highest BCUT2D eigenvalue weighted by Gasteiger charge is 2.21. The van der Waals surface area contributed by atoms with Crippen LogP contribution in [-0.2, 0) is 12.8 Å². The zero-order valence-corrected chi connectivity index (χ0v) is 12.5. The number of aryl methyl sites for hydroxylation is 1. The van der Waals surface area contributed by atoms with E-state index in [1.807, 2.05) is 6.07 Å². The molecule has 2 heteroatoms. The van der Waals surface area contributed by atoms with Crippen molar-refractivity contribution in [1.82, 2.24) is 5.32 Å². The molecular formula is C19H23NO. The number of rotatable bonds is 4. The lowest BCUT2D eigenvalue weighted by Gasteiger charge is -2.29. The van der Waals surface area contributed by atoms with Crippen molar-refractivity contribution in [3.05, 3.63) is 65.2 Å². The summed E-state index contributed by atoms with van der Waals surface area (Å²) in [6.45, 7) is 2.24. The van der Waals surface area contributed by atoms with Crippen molar-refractivity contribution in [2.45, 2.75) is 44.7 Å². The number of hydrogen-bond donors (Lipinski definition) is 2. The van der Waals surface area contributed by atoms with Gasteiger partial charge in [-0.25, -0.2) is 0 Å². The van der Waals surface area contributed by atoms with E-state index in [9.17, 15) is 5.11 Å². The van der Waals surface area contributed by atoms with E-state index in [1.54, 1.807) is 6.07 Å². The van der Waals surface area contributed by atoms with Crippen molar-refractivity contribution in [2.24, 2.45) is 0 Å². The number of phenolic OH excluding ortho intramolecular Hbond substituents is 1. The van der Waals surface area contributed by atoms with Crippen LogP contribution >= 0.6 is 0 Å². The van der Waals surface area contributed by atoms with Gasteiger partial charge in [-0.15, -0.1) is 0 Å². The lowest BCUT2D eigenvalue weighted by molar-refractivity contribution is 0.403. The van der Waals surface area contributed by atoms with E-state index in [2.05, 4.69) is 48.6 Å². The minimum atomic E-state index is 0.361. The fraction of sp³-hybridized carbons (Fsp3) is 0.368. The van der Waals surface area contributed by atoms with Gasteiger partial charge in [0.2, 0.25) is 0 Å². The molecule has 2 nitrogen and oxygen atoms in total. The summed E-state index contributed by atoms with van der Waals surface area (Å²) >= 11 is 0. The predicted molar refractivity (Wildman–Crippen MR) is 86.5 cm³/mol. The highest BCUT2D eigenvalue weighted by Crippen LogP contribution is 2.32. The molecule has 1 aliphatic carbocycles. The molecule has 0 heterocycles. The summed E-state index contributed by atoms with van der Waals surface area (Å²) in [5, 5.41) is 13.5. The Kier molecular flexibility index (Phi) is 4.26. The summed E-state index contributed by atoms with van der Waals surface area (Å²) in [5.41, 5.74) is 4.02. The van der Waals surface area contributed by atoms with Crippen LogP contribution in [0.1, 0.15) is 42.5 Å². The van der Waals surface area contributed by atoms with Crippen LogP contribution in [0.2, 0.25) is 0 Å². The van der Waals surface area contributed by atoms with Crippen molar-refractivity contribution < 1.29 is 5.11 Å². The van der Waals surface area contributed by atoms with Gasteiger partial charge in [0, 0.05) is 12.1 Å². The molecule has 0 aromatic heterocycles. The summed E-state index contributed by atoms with van der Waals surface area (Å²) < 4.78 is 0. The smallest absolute Gasteiger partial charge is 0.115 e. The average Bonchev–Trinajstić information content (AvgIpc) is 2.49. The van der Waals surface area contributed by atoms with Gasteiger partial charge in [0.25, 0.3) is 0 Å². The SMILES string of the molecule is CC(Cc1ccccc1)NC1CCCc2ccc(O)cc21. The molecule has 110 valence electrons. The Morgan fingerprint density at radius 1 is 1.19 bits per heavy atom. The zero-order chi connectivity index (χ0) is 14.7. The third-order valence-corrected chi connectivity index (χ3v) is 4.31. The molecular weight excluding hydrogens is 258 g/mol. The predicted octanol–water partition coefficient (Wildman–Crippen LogP) is 3.99. The topological polar surface area (TPSA) is 32.3 Å². The summed E-state index contributed by atoms with van der Waals surface area (Å²) in [5.74, 6) is 0.373. The second kappa shape index (κ2) is 6.31. The van der Waals surface area contributed by atoms with Crippen LogP contribution in [0.15, 0.2) is 48.5 Å². The van der Waals surface area contributed by atoms with Crippen LogP contribution in [0.25, 0.3) is 0 Å². The van der Waals surface area contributed by atoms with Gasteiger partial charge in [0.1, 0.15) is 5.75 Å². The first kappa shape index (κ1) is 14.2. The van der Waals surface area contributed by atoms with Gasteiger partial charge in [-0.05, 0) is 61.4 Å². The lowest BCUT2D eigenvalue weighted by Crippen LogP contribution is -2.34. The molecule has 0 spiro atoms. The molecule has 1 aliphatic rings. The quantitative estimate of drug-likeness (QED) is 0.888. The summed E-state index contributed by atoms with van der Waals surface area (Å²) in [7, 11) is 0. The van der Waals surface area contributed by atoms with Gasteiger partial charge >= 0.3 is 0 Å². The van der Waals surface area contributed by atoms with Crippen LogP contribution in [0, 0.1) is 0 Å². The maximum atomic E-state index is 9.75. The van der Waals surface area contributed by atoms with Crippen molar-refractivity contribution in [2.75, 3.05) is 0 Å². The molecule has 2 N–H and O–H groups in total. The molecule has 2 aromatic rings.